The van der Waals surface area contributed by atoms with E-state index >= 15 is 0 Å². The van der Waals surface area contributed by atoms with E-state index < -0.39 is 0 Å². The number of hydrogen-bond acceptors (Lipinski definition) is 1. The summed E-state index contributed by atoms with van der Waals surface area (Å²) in [5.74, 6) is 5.34. The Labute approximate surface area is 324 Å². The molecule has 2 aliphatic rings. The second kappa shape index (κ2) is 20.4. The summed E-state index contributed by atoms with van der Waals surface area (Å²) in [5.41, 5.74) is 11.3. The molecule has 6 rings (SSSR count). The monoisotopic (exact) mass is 711 g/mol. The molecule has 2 aliphatic carbocycles. The van der Waals surface area contributed by atoms with Gasteiger partial charge in [0, 0.05) is 12.8 Å². The van der Waals surface area contributed by atoms with Gasteiger partial charge >= 0.3 is 0 Å². The molecule has 2 fully saturated rings. The highest BCUT2D eigenvalue weighted by molar-refractivity contribution is 5.48. The van der Waals surface area contributed by atoms with Crippen LogP contribution in [-0.2, 0) is 25.7 Å². The number of aryl methyl sites for hydroxylation is 2. The molecule has 53 heavy (non-hydrogen) atoms. The third kappa shape index (κ3) is 11.3. The average Bonchev–Trinajstić information content (AvgIpc) is 3.20. The van der Waals surface area contributed by atoms with Crippen molar-refractivity contribution in [3.8, 4) is 11.5 Å². The van der Waals surface area contributed by atoms with Crippen LogP contribution in [0, 0.1) is 11.8 Å². The van der Waals surface area contributed by atoms with Crippen LogP contribution in [0.25, 0.3) is 0 Å². The number of rotatable bonds is 18. The molecule has 2 saturated carbocycles. The summed E-state index contributed by atoms with van der Waals surface area (Å²) in [7, 11) is 0. The maximum Gasteiger partial charge on any atom is 0.130 e. The molecular weight excluding hydrogens is 641 g/mol. The Kier molecular flexibility index (Phi) is 15.1. The van der Waals surface area contributed by atoms with Gasteiger partial charge in [-0.15, -0.1) is 0 Å². The predicted molar refractivity (Wildman–Crippen MR) is 228 cm³/mol. The zero-order valence-electron chi connectivity index (χ0n) is 33.9. The third-order valence-corrected chi connectivity index (χ3v) is 13.1. The van der Waals surface area contributed by atoms with Gasteiger partial charge in [-0.2, -0.15) is 0 Å². The Morgan fingerprint density at radius 3 is 1.17 bits per heavy atom. The highest BCUT2D eigenvalue weighted by Gasteiger charge is 2.23. The lowest BCUT2D eigenvalue weighted by atomic mass is 9.78. The standard InChI is InChI=1S/C52H70O/c1-5-9-11-13-41-23-33-51(49(35-41)37-43-19-29-47(30-20-43)45-25-15-39(7-3)16-26-45)53-52-34-24-42(14-12-10-6-2)36-50(52)38-44-21-31-48(32-22-44)46-27-17-40(8-4)18-28-46/h19-24,29-36,39-40,45-46H,5-18,25-28,37-38H2,1-4H3/t39-,40-,45-,46-. The third-order valence-electron chi connectivity index (χ3n) is 13.1. The minimum atomic E-state index is 0.730. The first-order valence-corrected chi connectivity index (χ1v) is 22.1. The van der Waals surface area contributed by atoms with Gasteiger partial charge in [0.25, 0.3) is 0 Å². The lowest BCUT2D eigenvalue weighted by Crippen LogP contribution is -2.12. The molecule has 284 valence electrons. The number of unbranched alkanes of at least 4 members (excludes halogenated alkanes) is 4. The molecule has 4 aromatic rings. The van der Waals surface area contributed by atoms with Crippen molar-refractivity contribution in [2.75, 3.05) is 0 Å². The van der Waals surface area contributed by atoms with E-state index in [1.807, 2.05) is 0 Å². The van der Waals surface area contributed by atoms with Crippen molar-refractivity contribution in [1.82, 2.24) is 0 Å². The second-order valence-corrected chi connectivity index (χ2v) is 17.0. The highest BCUT2D eigenvalue weighted by Crippen LogP contribution is 2.39. The van der Waals surface area contributed by atoms with Crippen molar-refractivity contribution in [3.63, 3.8) is 0 Å². The van der Waals surface area contributed by atoms with E-state index in [2.05, 4.69) is 113 Å². The first-order chi connectivity index (χ1) is 26.0. The molecule has 1 heteroatoms. The maximum atomic E-state index is 7.03. The van der Waals surface area contributed by atoms with E-state index in [1.54, 1.807) is 0 Å². The Morgan fingerprint density at radius 1 is 0.434 bits per heavy atom. The average molecular weight is 711 g/mol. The summed E-state index contributed by atoms with van der Waals surface area (Å²) in [4.78, 5) is 0. The molecule has 0 heterocycles. The summed E-state index contributed by atoms with van der Waals surface area (Å²) >= 11 is 0. The molecule has 0 N–H and O–H groups in total. The van der Waals surface area contributed by atoms with Gasteiger partial charge in [0.1, 0.15) is 11.5 Å². The smallest absolute Gasteiger partial charge is 0.130 e. The molecule has 0 saturated heterocycles. The van der Waals surface area contributed by atoms with E-state index in [9.17, 15) is 0 Å². The van der Waals surface area contributed by atoms with Crippen LogP contribution in [0.3, 0.4) is 0 Å². The zero-order valence-corrected chi connectivity index (χ0v) is 33.9. The van der Waals surface area contributed by atoms with E-state index in [4.69, 9.17) is 4.74 Å². The molecule has 0 spiro atoms. The first kappa shape index (κ1) is 39.4. The van der Waals surface area contributed by atoms with Gasteiger partial charge in [-0.3, -0.25) is 0 Å². The number of hydrogen-bond donors (Lipinski definition) is 0. The normalized spacial score (nSPS) is 20.4. The van der Waals surface area contributed by atoms with Crippen LogP contribution < -0.4 is 4.74 Å². The largest absolute Gasteiger partial charge is 0.457 e. The Hall–Kier alpha value is -3.32. The summed E-state index contributed by atoms with van der Waals surface area (Å²) in [6, 6.07) is 33.3. The molecule has 0 amide bonds. The molecule has 0 bridgehead atoms. The summed E-state index contributed by atoms with van der Waals surface area (Å²) in [5, 5.41) is 0. The quantitative estimate of drug-likeness (QED) is 0.0934. The van der Waals surface area contributed by atoms with E-state index in [1.165, 1.54) is 147 Å². The maximum absolute atomic E-state index is 7.03. The molecular formula is C52H70O. The molecule has 1 nitrogen and oxygen atoms in total. The molecule has 0 atom stereocenters. The van der Waals surface area contributed by atoms with Crippen LogP contribution in [-0.4, -0.2) is 0 Å². The van der Waals surface area contributed by atoms with Gasteiger partial charge in [-0.1, -0.05) is 139 Å². The van der Waals surface area contributed by atoms with Crippen molar-refractivity contribution < 1.29 is 4.74 Å². The van der Waals surface area contributed by atoms with Crippen molar-refractivity contribution >= 4 is 0 Å². The van der Waals surface area contributed by atoms with Gasteiger partial charge in [0.15, 0.2) is 0 Å². The molecule has 0 aromatic heterocycles. The highest BCUT2D eigenvalue weighted by atomic mass is 16.5. The molecule has 0 radical (unpaired) electrons. The fraction of sp³-hybridized carbons (Fsp3) is 0.538. The summed E-state index contributed by atoms with van der Waals surface area (Å²) in [6.07, 6.45) is 25.2. The lowest BCUT2D eigenvalue weighted by Gasteiger charge is -2.28. The summed E-state index contributed by atoms with van der Waals surface area (Å²) < 4.78 is 7.03. The van der Waals surface area contributed by atoms with Crippen molar-refractivity contribution in [2.45, 2.75) is 168 Å². The molecule has 0 unspecified atom stereocenters. The van der Waals surface area contributed by atoms with E-state index in [0.29, 0.717) is 0 Å². The first-order valence-electron chi connectivity index (χ1n) is 22.1. The van der Waals surface area contributed by atoms with E-state index in [-0.39, 0.29) is 0 Å². The fourth-order valence-electron chi connectivity index (χ4n) is 9.39. The van der Waals surface area contributed by atoms with Gasteiger partial charge < -0.3 is 4.74 Å². The van der Waals surface area contributed by atoms with Crippen LogP contribution in [0.2, 0.25) is 0 Å². The number of ether oxygens (including phenoxy) is 1. The van der Waals surface area contributed by atoms with Crippen LogP contribution in [0.15, 0.2) is 84.9 Å². The lowest BCUT2D eigenvalue weighted by molar-refractivity contribution is 0.319. The molecule has 4 aromatic carbocycles. The minimum Gasteiger partial charge on any atom is -0.457 e. The van der Waals surface area contributed by atoms with Crippen LogP contribution in [0.4, 0.5) is 0 Å². The van der Waals surface area contributed by atoms with Gasteiger partial charge in [-0.25, -0.2) is 0 Å². The van der Waals surface area contributed by atoms with Gasteiger partial charge in [-0.05, 0) is 157 Å². The van der Waals surface area contributed by atoms with Crippen molar-refractivity contribution in [1.29, 1.82) is 0 Å². The van der Waals surface area contributed by atoms with E-state index in [0.717, 1.165) is 60.9 Å². The molecule has 0 aliphatic heterocycles. The predicted octanol–water partition coefficient (Wildman–Crippen LogP) is 15.5. The van der Waals surface area contributed by atoms with Crippen LogP contribution >= 0.6 is 0 Å². The Morgan fingerprint density at radius 2 is 0.811 bits per heavy atom. The second-order valence-electron chi connectivity index (χ2n) is 17.0. The SMILES string of the molecule is CCCCCc1ccc(Oc2ccc(CCCCC)cc2Cc2ccc([C@H]3CC[C@H](CC)CC3)cc2)c(Cc2ccc([C@H]3CC[C@H](CC)CC3)cc2)c1. The van der Waals surface area contributed by atoms with Crippen LogP contribution in [0.5, 0.6) is 11.5 Å². The summed E-state index contributed by atoms with van der Waals surface area (Å²) in [6.45, 7) is 9.30. The van der Waals surface area contributed by atoms with Crippen molar-refractivity contribution in [3.05, 3.63) is 129 Å². The zero-order chi connectivity index (χ0) is 36.8. The topological polar surface area (TPSA) is 9.23 Å². The minimum absolute atomic E-state index is 0.730. The van der Waals surface area contributed by atoms with Crippen LogP contribution in [0.1, 0.15) is 187 Å². The Bertz CT molecular complexity index is 1520. The number of benzene rings is 4. The Balaban J connectivity index is 1.22. The van der Waals surface area contributed by atoms with Gasteiger partial charge in [0.05, 0.1) is 0 Å². The van der Waals surface area contributed by atoms with Crippen molar-refractivity contribution in [2.24, 2.45) is 11.8 Å². The van der Waals surface area contributed by atoms with Gasteiger partial charge in [0.2, 0.25) is 0 Å². The fourth-order valence-corrected chi connectivity index (χ4v) is 9.39.